The lowest BCUT2D eigenvalue weighted by atomic mass is 9.99. The first-order chi connectivity index (χ1) is 8.31. The van der Waals surface area contributed by atoms with E-state index in [1.54, 1.807) is 0 Å². The summed E-state index contributed by atoms with van der Waals surface area (Å²) in [6.07, 6.45) is 1.07. The zero-order valence-corrected chi connectivity index (χ0v) is 10.2. The number of ether oxygens (including phenoxy) is 1. The number of rotatable bonds is 4. The summed E-state index contributed by atoms with van der Waals surface area (Å²) in [5.74, 6) is -0.0539. The van der Waals surface area contributed by atoms with Gasteiger partial charge in [0.15, 0.2) is 0 Å². The van der Waals surface area contributed by atoms with Gasteiger partial charge in [0.2, 0.25) is 0 Å². The average Bonchev–Trinajstić information content (AvgIpc) is 2.90. The summed E-state index contributed by atoms with van der Waals surface area (Å²) in [6, 6.07) is 12.8. The van der Waals surface area contributed by atoms with Crippen molar-refractivity contribution in [1.29, 1.82) is 5.26 Å². The minimum atomic E-state index is -0.0539. The van der Waals surface area contributed by atoms with E-state index in [0.29, 0.717) is 6.04 Å². The van der Waals surface area contributed by atoms with E-state index >= 15 is 0 Å². The van der Waals surface area contributed by atoms with Gasteiger partial charge in [0, 0.05) is 19.2 Å². The fourth-order valence-corrected chi connectivity index (χ4v) is 2.21. The monoisotopic (exact) mass is 230 g/mol. The molecule has 0 bridgehead atoms. The second-order valence-electron chi connectivity index (χ2n) is 4.55. The molecule has 1 aliphatic rings. The van der Waals surface area contributed by atoms with Crippen LogP contribution in [-0.2, 0) is 4.74 Å². The van der Waals surface area contributed by atoms with Crippen LogP contribution in [0.5, 0.6) is 0 Å². The van der Waals surface area contributed by atoms with Crippen LogP contribution in [0.4, 0.5) is 0 Å². The third-order valence-corrected chi connectivity index (χ3v) is 3.36. The number of likely N-dealkylation sites (N-methyl/N-ethyl adjacent to an activating group) is 1. The highest BCUT2D eigenvalue weighted by Crippen LogP contribution is 2.19. The van der Waals surface area contributed by atoms with Gasteiger partial charge in [-0.3, -0.25) is 4.90 Å². The Morgan fingerprint density at radius 3 is 2.82 bits per heavy atom. The molecule has 0 amide bonds. The van der Waals surface area contributed by atoms with E-state index in [-0.39, 0.29) is 5.92 Å². The summed E-state index contributed by atoms with van der Waals surface area (Å²) in [5, 5.41) is 9.26. The normalized spacial score (nSPS) is 21.4. The van der Waals surface area contributed by atoms with Crippen molar-refractivity contribution in [2.45, 2.75) is 18.4 Å². The maximum atomic E-state index is 9.26. The standard InChI is InChI=1S/C14H18N2O/c1-16(14-7-8-17-11-14)10-13(9-15)12-5-3-2-4-6-12/h2-6,13-14H,7-8,10-11H2,1H3. The zero-order chi connectivity index (χ0) is 12.1. The van der Waals surface area contributed by atoms with Gasteiger partial charge in [0.1, 0.15) is 0 Å². The van der Waals surface area contributed by atoms with Gasteiger partial charge >= 0.3 is 0 Å². The van der Waals surface area contributed by atoms with Crippen molar-refractivity contribution in [1.82, 2.24) is 4.90 Å². The number of benzene rings is 1. The summed E-state index contributed by atoms with van der Waals surface area (Å²) in [7, 11) is 2.08. The third kappa shape index (κ3) is 3.06. The molecule has 3 heteroatoms. The summed E-state index contributed by atoms with van der Waals surface area (Å²) in [4.78, 5) is 2.24. The van der Waals surface area contributed by atoms with Crippen molar-refractivity contribution in [3.05, 3.63) is 35.9 Å². The van der Waals surface area contributed by atoms with Crippen LogP contribution in [0.3, 0.4) is 0 Å². The molecule has 0 radical (unpaired) electrons. The van der Waals surface area contributed by atoms with Gasteiger partial charge in [0.05, 0.1) is 18.6 Å². The fourth-order valence-electron chi connectivity index (χ4n) is 2.21. The lowest BCUT2D eigenvalue weighted by Crippen LogP contribution is -2.35. The summed E-state index contributed by atoms with van der Waals surface area (Å²) in [5.41, 5.74) is 1.10. The summed E-state index contributed by atoms with van der Waals surface area (Å²) in [6.45, 7) is 2.41. The van der Waals surface area contributed by atoms with Gasteiger partial charge in [0.25, 0.3) is 0 Å². The molecule has 17 heavy (non-hydrogen) atoms. The SMILES string of the molecule is CN(CC(C#N)c1ccccc1)C1CCOC1. The highest BCUT2D eigenvalue weighted by molar-refractivity contribution is 5.25. The Morgan fingerprint density at radius 2 is 2.24 bits per heavy atom. The lowest BCUT2D eigenvalue weighted by Gasteiger charge is -2.25. The van der Waals surface area contributed by atoms with Crippen molar-refractivity contribution < 1.29 is 4.74 Å². The Morgan fingerprint density at radius 1 is 1.47 bits per heavy atom. The number of hydrogen-bond donors (Lipinski definition) is 0. The minimum Gasteiger partial charge on any atom is -0.380 e. The summed E-state index contributed by atoms with van der Waals surface area (Å²) < 4.78 is 5.37. The Bertz CT molecular complexity index is 379. The minimum absolute atomic E-state index is 0.0539. The van der Waals surface area contributed by atoms with Crippen LogP contribution < -0.4 is 0 Å². The van der Waals surface area contributed by atoms with Gasteiger partial charge in [-0.1, -0.05) is 30.3 Å². The van der Waals surface area contributed by atoms with Crippen LogP contribution in [0, 0.1) is 11.3 Å². The Balaban J connectivity index is 1.98. The predicted octanol–water partition coefficient (Wildman–Crippen LogP) is 2.01. The molecule has 1 aromatic rings. The van der Waals surface area contributed by atoms with Crippen molar-refractivity contribution in [3.63, 3.8) is 0 Å². The van der Waals surface area contributed by atoms with E-state index in [1.807, 2.05) is 30.3 Å². The van der Waals surface area contributed by atoms with E-state index in [1.165, 1.54) is 0 Å². The molecule has 1 saturated heterocycles. The highest BCUT2D eigenvalue weighted by atomic mass is 16.5. The molecule has 2 rings (SSSR count). The largest absolute Gasteiger partial charge is 0.380 e. The molecule has 0 N–H and O–H groups in total. The first-order valence-electron chi connectivity index (χ1n) is 6.04. The van der Waals surface area contributed by atoms with Crippen LogP contribution in [0.15, 0.2) is 30.3 Å². The molecule has 0 spiro atoms. The molecular formula is C14H18N2O. The molecule has 1 aliphatic heterocycles. The van der Waals surface area contributed by atoms with E-state index < -0.39 is 0 Å². The number of nitrogens with zero attached hydrogens (tertiary/aromatic N) is 2. The topological polar surface area (TPSA) is 36.3 Å². The van der Waals surface area contributed by atoms with Crippen LogP contribution in [0.1, 0.15) is 17.9 Å². The van der Waals surface area contributed by atoms with Crippen LogP contribution in [0.2, 0.25) is 0 Å². The first-order valence-corrected chi connectivity index (χ1v) is 6.04. The smallest absolute Gasteiger partial charge is 0.0839 e. The van der Waals surface area contributed by atoms with E-state index in [0.717, 1.165) is 31.7 Å². The highest BCUT2D eigenvalue weighted by Gasteiger charge is 2.23. The molecule has 0 saturated carbocycles. The van der Waals surface area contributed by atoms with Crippen LogP contribution in [-0.4, -0.2) is 37.7 Å². The van der Waals surface area contributed by atoms with E-state index in [9.17, 15) is 5.26 Å². The zero-order valence-electron chi connectivity index (χ0n) is 10.2. The Kier molecular flexibility index (Phi) is 4.13. The maximum absolute atomic E-state index is 9.26. The van der Waals surface area contributed by atoms with Gasteiger partial charge in [-0.15, -0.1) is 0 Å². The van der Waals surface area contributed by atoms with E-state index in [4.69, 9.17) is 4.74 Å². The lowest BCUT2D eigenvalue weighted by molar-refractivity contribution is 0.158. The van der Waals surface area contributed by atoms with Crippen molar-refractivity contribution >= 4 is 0 Å². The van der Waals surface area contributed by atoms with Crippen molar-refractivity contribution in [2.75, 3.05) is 26.8 Å². The van der Waals surface area contributed by atoms with Crippen molar-refractivity contribution in [2.24, 2.45) is 0 Å². The number of hydrogen-bond acceptors (Lipinski definition) is 3. The van der Waals surface area contributed by atoms with Crippen molar-refractivity contribution in [3.8, 4) is 6.07 Å². The fraction of sp³-hybridized carbons (Fsp3) is 0.500. The Labute approximate surface area is 103 Å². The second-order valence-corrected chi connectivity index (χ2v) is 4.55. The quantitative estimate of drug-likeness (QED) is 0.794. The van der Waals surface area contributed by atoms with Gasteiger partial charge < -0.3 is 4.74 Å². The van der Waals surface area contributed by atoms with Gasteiger partial charge in [-0.05, 0) is 19.0 Å². The third-order valence-electron chi connectivity index (χ3n) is 3.36. The Hall–Kier alpha value is -1.37. The molecule has 3 nitrogen and oxygen atoms in total. The van der Waals surface area contributed by atoms with Crippen LogP contribution in [0.25, 0.3) is 0 Å². The molecule has 1 fully saturated rings. The van der Waals surface area contributed by atoms with Gasteiger partial charge in [-0.25, -0.2) is 0 Å². The molecule has 2 unspecified atom stereocenters. The van der Waals surface area contributed by atoms with E-state index in [2.05, 4.69) is 18.0 Å². The molecule has 1 heterocycles. The molecule has 1 aromatic carbocycles. The molecular weight excluding hydrogens is 212 g/mol. The van der Waals surface area contributed by atoms with Gasteiger partial charge in [-0.2, -0.15) is 5.26 Å². The average molecular weight is 230 g/mol. The molecule has 0 aliphatic carbocycles. The molecule has 2 atom stereocenters. The predicted molar refractivity (Wildman–Crippen MR) is 66.7 cm³/mol. The maximum Gasteiger partial charge on any atom is 0.0839 e. The molecule has 0 aromatic heterocycles. The summed E-state index contributed by atoms with van der Waals surface area (Å²) >= 11 is 0. The molecule has 90 valence electrons. The first kappa shape index (κ1) is 12.1. The second kappa shape index (κ2) is 5.81. The van der Waals surface area contributed by atoms with Crippen LogP contribution >= 0.6 is 0 Å². The number of nitriles is 1.